The van der Waals surface area contributed by atoms with E-state index in [9.17, 15) is 0 Å². The second-order valence-electron chi connectivity index (χ2n) is 6.76. The standard InChI is InChI=1S/C18H26BrNO/c1-12-9-15(19)11-17(21-2)18(12)20-16-8-7-13-5-3-4-6-14(13)10-16/h9,11,13-14,16,20H,3-8,10H2,1-2H3. The molecule has 2 aliphatic carbocycles. The number of methoxy groups -OCH3 is 1. The molecule has 0 spiro atoms. The highest BCUT2D eigenvalue weighted by molar-refractivity contribution is 9.10. The molecule has 2 fully saturated rings. The lowest BCUT2D eigenvalue weighted by molar-refractivity contribution is 0.162. The molecule has 3 rings (SSSR count). The van der Waals surface area contributed by atoms with Crippen LogP contribution in [-0.2, 0) is 0 Å². The maximum Gasteiger partial charge on any atom is 0.143 e. The molecule has 3 unspecified atom stereocenters. The van der Waals surface area contributed by atoms with Crippen LogP contribution in [0.2, 0.25) is 0 Å². The number of halogens is 1. The van der Waals surface area contributed by atoms with Crippen molar-refractivity contribution in [1.82, 2.24) is 0 Å². The van der Waals surface area contributed by atoms with Crippen LogP contribution in [0.5, 0.6) is 5.75 Å². The van der Waals surface area contributed by atoms with Crippen LogP contribution in [-0.4, -0.2) is 13.2 Å². The third-order valence-corrected chi connectivity index (χ3v) is 5.83. The molecule has 0 bridgehead atoms. The van der Waals surface area contributed by atoms with Gasteiger partial charge in [-0.1, -0.05) is 41.6 Å². The Labute approximate surface area is 136 Å². The lowest BCUT2D eigenvalue weighted by Crippen LogP contribution is -2.34. The Morgan fingerprint density at radius 1 is 1.10 bits per heavy atom. The van der Waals surface area contributed by atoms with Crippen LogP contribution in [0.3, 0.4) is 0 Å². The fraction of sp³-hybridized carbons (Fsp3) is 0.667. The number of fused-ring (bicyclic) bond motifs is 1. The van der Waals surface area contributed by atoms with Crippen molar-refractivity contribution in [3.05, 3.63) is 22.2 Å². The van der Waals surface area contributed by atoms with Gasteiger partial charge in [0.2, 0.25) is 0 Å². The minimum atomic E-state index is 0.609. The fourth-order valence-electron chi connectivity index (χ4n) is 4.27. The zero-order chi connectivity index (χ0) is 14.8. The van der Waals surface area contributed by atoms with E-state index in [4.69, 9.17) is 4.74 Å². The number of rotatable bonds is 3. The van der Waals surface area contributed by atoms with E-state index in [1.807, 2.05) is 0 Å². The highest BCUT2D eigenvalue weighted by atomic mass is 79.9. The van der Waals surface area contributed by atoms with Crippen molar-refractivity contribution in [3.8, 4) is 5.75 Å². The van der Waals surface area contributed by atoms with Crippen molar-refractivity contribution in [2.75, 3.05) is 12.4 Å². The molecule has 116 valence electrons. The first-order chi connectivity index (χ1) is 10.2. The van der Waals surface area contributed by atoms with Crippen molar-refractivity contribution in [1.29, 1.82) is 0 Å². The van der Waals surface area contributed by atoms with Gasteiger partial charge in [-0.05, 0) is 55.7 Å². The third kappa shape index (κ3) is 3.39. The van der Waals surface area contributed by atoms with Crippen LogP contribution >= 0.6 is 15.9 Å². The van der Waals surface area contributed by atoms with Crippen molar-refractivity contribution in [3.63, 3.8) is 0 Å². The predicted molar refractivity (Wildman–Crippen MR) is 92.1 cm³/mol. The number of nitrogens with one attached hydrogen (secondary N) is 1. The first-order valence-electron chi connectivity index (χ1n) is 8.28. The van der Waals surface area contributed by atoms with Gasteiger partial charge in [-0.25, -0.2) is 0 Å². The fourth-order valence-corrected chi connectivity index (χ4v) is 4.82. The molecule has 21 heavy (non-hydrogen) atoms. The summed E-state index contributed by atoms with van der Waals surface area (Å²) in [6.45, 7) is 2.15. The topological polar surface area (TPSA) is 21.3 Å². The van der Waals surface area contributed by atoms with Gasteiger partial charge in [-0.15, -0.1) is 0 Å². The van der Waals surface area contributed by atoms with Crippen LogP contribution in [0.15, 0.2) is 16.6 Å². The molecule has 0 aliphatic heterocycles. The molecular weight excluding hydrogens is 326 g/mol. The van der Waals surface area contributed by atoms with Gasteiger partial charge in [0, 0.05) is 10.5 Å². The van der Waals surface area contributed by atoms with Gasteiger partial charge >= 0.3 is 0 Å². The molecule has 0 saturated heterocycles. The molecule has 0 amide bonds. The molecule has 3 atom stereocenters. The van der Waals surface area contributed by atoms with Gasteiger partial charge in [-0.3, -0.25) is 0 Å². The monoisotopic (exact) mass is 351 g/mol. The third-order valence-electron chi connectivity index (χ3n) is 5.37. The SMILES string of the molecule is COc1cc(Br)cc(C)c1NC1CCC2CCCCC2C1. The minimum absolute atomic E-state index is 0.609. The summed E-state index contributed by atoms with van der Waals surface area (Å²) in [6.07, 6.45) is 9.86. The van der Waals surface area contributed by atoms with Gasteiger partial charge in [0.25, 0.3) is 0 Å². The number of anilines is 1. The first kappa shape index (κ1) is 15.2. The lowest BCUT2D eigenvalue weighted by atomic mass is 9.69. The van der Waals surface area contributed by atoms with Crippen LogP contribution in [0.25, 0.3) is 0 Å². The molecule has 0 aromatic heterocycles. The molecule has 1 N–H and O–H groups in total. The summed E-state index contributed by atoms with van der Waals surface area (Å²) in [5.74, 6) is 2.91. The zero-order valence-electron chi connectivity index (χ0n) is 13.1. The van der Waals surface area contributed by atoms with Gasteiger partial charge < -0.3 is 10.1 Å². The Bertz CT molecular complexity index is 502. The molecule has 2 nitrogen and oxygen atoms in total. The van der Waals surface area contributed by atoms with Gasteiger partial charge in [-0.2, -0.15) is 0 Å². The highest BCUT2D eigenvalue weighted by Gasteiger charge is 2.32. The van der Waals surface area contributed by atoms with Gasteiger partial charge in [0.15, 0.2) is 0 Å². The number of hydrogen-bond donors (Lipinski definition) is 1. The lowest BCUT2D eigenvalue weighted by Gasteiger charge is -2.40. The number of ether oxygens (including phenoxy) is 1. The minimum Gasteiger partial charge on any atom is -0.495 e. The summed E-state index contributed by atoms with van der Waals surface area (Å²) >= 11 is 3.55. The Hall–Kier alpha value is -0.700. The van der Waals surface area contributed by atoms with Crippen molar-refractivity contribution < 1.29 is 4.74 Å². The normalized spacial score (nSPS) is 28.8. The molecule has 1 aromatic rings. The van der Waals surface area contributed by atoms with E-state index >= 15 is 0 Å². The summed E-state index contributed by atoms with van der Waals surface area (Å²) in [4.78, 5) is 0. The second-order valence-corrected chi connectivity index (χ2v) is 7.67. The quantitative estimate of drug-likeness (QED) is 0.771. The maximum atomic E-state index is 5.56. The summed E-state index contributed by atoms with van der Waals surface area (Å²) in [7, 11) is 1.75. The highest BCUT2D eigenvalue weighted by Crippen LogP contribution is 2.42. The summed E-state index contributed by atoms with van der Waals surface area (Å²) < 4.78 is 6.64. The maximum absolute atomic E-state index is 5.56. The van der Waals surface area contributed by atoms with Gasteiger partial charge in [0.1, 0.15) is 5.75 Å². The average Bonchev–Trinajstić information content (AvgIpc) is 2.49. The van der Waals surface area contributed by atoms with Crippen molar-refractivity contribution >= 4 is 21.6 Å². The van der Waals surface area contributed by atoms with Crippen LogP contribution < -0.4 is 10.1 Å². The van der Waals surface area contributed by atoms with E-state index in [-0.39, 0.29) is 0 Å². The molecule has 0 heterocycles. The summed E-state index contributed by atoms with van der Waals surface area (Å²) in [5, 5.41) is 3.78. The first-order valence-corrected chi connectivity index (χ1v) is 9.07. The smallest absolute Gasteiger partial charge is 0.143 e. The largest absolute Gasteiger partial charge is 0.495 e. The van der Waals surface area contributed by atoms with E-state index in [1.54, 1.807) is 7.11 Å². The second kappa shape index (κ2) is 6.60. The van der Waals surface area contributed by atoms with E-state index < -0.39 is 0 Å². The van der Waals surface area contributed by atoms with Gasteiger partial charge in [0.05, 0.1) is 12.8 Å². The molecule has 2 saturated carbocycles. The number of benzene rings is 1. The van der Waals surface area contributed by atoms with Crippen LogP contribution in [0.4, 0.5) is 5.69 Å². The molecule has 2 aliphatic rings. The van der Waals surface area contributed by atoms with E-state index in [2.05, 4.69) is 40.3 Å². The Balaban J connectivity index is 1.72. The van der Waals surface area contributed by atoms with Crippen LogP contribution in [0.1, 0.15) is 50.5 Å². The summed E-state index contributed by atoms with van der Waals surface area (Å²) in [6, 6.07) is 4.83. The summed E-state index contributed by atoms with van der Waals surface area (Å²) in [5.41, 5.74) is 2.44. The van der Waals surface area contributed by atoms with Crippen molar-refractivity contribution in [2.24, 2.45) is 11.8 Å². The van der Waals surface area contributed by atoms with E-state index in [0.29, 0.717) is 6.04 Å². The Morgan fingerprint density at radius 2 is 1.86 bits per heavy atom. The zero-order valence-corrected chi connectivity index (χ0v) is 14.7. The molecule has 0 radical (unpaired) electrons. The van der Waals surface area contributed by atoms with Crippen LogP contribution in [0, 0.1) is 18.8 Å². The molecule has 3 heteroatoms. The molecule has 1 aromatic carbocycles. The van der Waals surface area contributed by atoms with E-state index in [0.717, 1.165) is 22.1 Å². The van der Waals surface area contributed by atoms with E-state index in [1.165, 1.54) is 56.2 Å². The predicted octanol–water partition coefficient (Wildman–Crippen LogP) is 5.54. The Kier molecular flexibility index (Phi) is 4.78. The Morgan fingerprint density at radius 3 is 2.62 bits per heavy atom. The van der Waals surface area contributed by atoms with Crippen molar-refractivity contribution in [2.45, 2.75) is 57.9 Å². The number of aryl methyl sites for hydroxylation is 1. The average molecular weight is 352 g/mol. The molecular formula is C18H26BrNO. The number of hydrogen-bond acceptors (Lipinski definition) is 2.